The summed E-state index contributed by atoms with van der Waals surface area (Å²) in [6, 6.07) is 2.41. The number of carbonyl (C=O) groups excluding carboxylic acids is 1. The minimum absolute atomic E-state index is 0.0288. The summed E-state index contributed by atoms with van der Waals surface area (Å²) in [6.07, 6.45) is -1.30. The second-order valence-electron chi connectivity index (χ2n) is 3.96. The second kappa shape index (κ2) is 6.49. The summed E-state index contributed by atoms with van der Waals surface area (Å²) in [6.45, 7) is 1.21. The van der Waals surface area contributed by atoms with Gasteiger partial charge in [0.2, 0.25) is 0 Å². The van der Waals surface area contributed by atoms with Crippen LogP contribution in [0.25, 0.3) is 0 Å². The summed E-state index contributed by atoms with van der Waals surface area (Å²) in [5.74, 6) is -2.05. The van der Waals surface area contributed by atoms with E-state index in [4.69, 9.17) is 10.4 Å². The maximum Gasteiger partial charge on any atom is 0.328 e. The number of nitriles is 1. The Bertz CT molecular complexity index is 568. The highest BCUT2D eigenvalue weighted by Gasteiger charge is 2.25. The van der Waals surface area contributed by atoms with E-state index < -0.39 is 30.0 Å². The highest BCUT2D eigenvalue weighted by Crippen LogP contribution is 2.15. The van der Waals surface area contributed by atoms with Crippen molar-refractivity contribution in [3.63, 3.8) is 0 Å². The number of hydrogen-bond acceptors (Lipinski definition) is 4. The van der Waals surface area contributed by atoms with Crippen LogP contribution in [0.2, 0.25) is 0 Å². The molecule has 0 aliphatic carbocycles. The number of nitrogens with zero attached hydrogens (tertiary/aromatic N) is 1. The van der Waals surface area contributed by atoms with Crippen molar-refractivity contribution in [3.8, 4) is 6.07 Å². The molecule has 2 unspecified atom stereocenters. The number of carboxylic acid groups (broad SMARTS) is 1. The molecule has 1 aromatic rings. The highest BCUT2D eigenvalue weighted by molar-refractivity contribution is 5.93. The molecular formula is C12H12FN3O4. The fraction of sp³-hybridized carbons (Fsp3) is 0.250. The number of anilines is 1. The van der Waals surface area contributed by atoms with E-state index in [9.17, 15) is 19.1 Å². The number of benzene rings is 1. The summed E-state index contributed by atoms with van der Waals surface area (Å²) in [5, 5.41) is 31.0. The zero-order valence-corrected chi connectivity index (χ0v) is 10.4. The molecule has 0 aromatic heterocycles. The summed E-state index contributed by atoms with van der Waals surface area (Å²) in [4.78, 5) is 22.4. The van der Waals surface area contributed by atoms with E-state index in [0.717, 1.165) is 12.1 Å². The first-order valence-corrected chi connectivity index (χ1v) is 5.53. The third kappa shape index (κ3) is 3.93. The van der Waals surface area contributed by atoms with Crippen molar-refractivity contribution in [1.29, 1.82) is 5.26 Å². The molecule has 2 amide bonds. The highest BCUT2D eigenvalue weighted by atomic mass is 19.1. The van der Waals surface area contributed by atoms with Crippen LogP contribution in [0.5, 0.6) is 0 Å². The van der Waals surface area contributed by atoms with E-state index in [-0.39, 0.29) is 11.3 Å². The van der Waals surface area contributed by atoms with Crippen molar-refractivity contribution in [2.45, 2.75) is 19.1 Å². The molecule has 0 fully saturated rings. The molecule has 7 nitrogen and oxygen atoms in total. The number of nitrogens with one attached hydrogen (secondary N) is 2. The summed E-state index contributed by atoms with van der Waals surface area (Å²) in [7, 11) is 0. The van der Waals surface area contributed by atoms with Crippen molar-refractivity contribution in [1.82, 2.24) is 5.32 Å². The maximum absolute atomic E-state index is 12.9. The number of aliphatic hydroxyl groups is 1. The van der Waals surface area contributed by atoms with Gasteiger partial charge in [-0.05, 0) is 25.1 Å². The Labute approximate surface area is 113 Å². The Morgan fingerprint density at radius 1 is 1.45 bits per heavy atom. The van der Waals surface area contributed by atoms with Crippen molar-refractivity contribution in [2.24, 2.45) is 0 Å². The minimum Gasteiger partial charge on any atom is -0.480 e. The predicted octanol–water partition coefficient (Wildman–Crippen LogP) is 0.653. The molecule has 0 saturated carbocycles. The molecule has 0 heterocycles. The third-order valence-corrected chi connectivity index (χ3v) is 2.39. The predicted molar refractivity (Wildman–Crippen MR) is 66.4 cm³/mol. The van der Waals surface area contributed by atoms with Crippen molar-refractivity contribution >= 4 is 17.7 Å². The van der Waals surface area contributed by atoms with Gasteiger partial charge in [-0.1, -0.05) is 0 Å². The standard InChI is InChI=1S/C12H12FN3O4/c1-6(17)10(11(18)19)16-12(20)15-9-3-2-8(13)4-7(9)5-14/h2-4,6,10,17H,1H3,(H,18,19)(H2,15,16,20). The number of aliphatic carboxylic acids is 1. The zero-order valence-electron chi connectivity index (χ0n) is 10.4. The van der Waals surface area contributed by atoms with E-state index in [1.54, 1.807) is 6.07 Å². The van der Waals surface area contributed by atoms with Crippen LogP contribution in [0.15, 0.2) is 18.2 Å². The fourth-order valence-corrected chi connectivity index (χ4v) is 1.41. The van der Waals surface area contributed by atoms with Gasteiger partial charge in [-0.15, -0.1) is 0 Å². The number of rotatable bonds is 4. The molecule has 0 radical (unpaired) electrons. The molecule has 0 aliphatic rings. The molecule has 2 atom stereocenters. The summed E-state index contributed by atoms with van der Waals surface area (Å²) in [5.41, 5.74) is -0.0785. The average molecular weight is 281 g/mol. The first kappa shape index (κ1) is 15.4. The van der Waals surface area contributed by atoms with Crippen LogP contribution in [0, 0.1) is 17.1 Å². The number of carboxylic acids is 1. The van der Waals surface area contributed by atoms with Gasteiger partial charge >= 0.3 is 12.0 Å². The lowest BCUT2D eigenvalue weighted by Gasteiger charge is -2.17. The van der Waals surface area contributed by atoms with Gasteiger partial charge in [-0.2, -0.15) is 5.26 Å². The fourth-order valence-electron chi connectivity index (χ4n) is 1.41. The first-order valence-electron chi connectivity index (χ1n) is 5.53. The smallest absolute Gasteiger partial charge is 0.328 e. The van der Waals surface area contributed by atoms with E-state index in [1.165, 1.54) is 13.0 Å². The number of hydrogen-bond donors (Lipinski definition) is 4. The lowest BCUT2D eigenvalue weighted by molar-refractivity contribution is -0.141. The van der Waals surface area contributed by atoms with Gasteiger partial charge in [0, 0.05) is 0 Å². The molecule has 8 heteroatoms. The van der Waals surface area contributed by atoms with E-state index in [2.05, 4.69) is 5.32 Å². The molecule has 1 aromatic carbocycles. The van der Waals surface area contributed by atoms with Crippen LogP contribution in [0.3, 0.4) is 0 Å². The lowest BCUT2D eigenvalue weighted by Crippen LogP contribution is -2.49. The van der Waals surface area contributed by atoms with E-state index in [1.807, 2.05) is 5.32 Å². The largest absolute Gasteiger partial charge is 0.480 e. The van der Waals surface area contributed by atoms with Gasteiger partial charge in [0.15, 0.2) is 6.04 Å². The Hall–Kier alpha value is -2.66. The third-order valence-electron chi connectivity index (χ3n) is 2.39. The van der Waals surface area contributed by atoms with Crippen molar-refractivity contribution < 1.29 is 24.2 Å². The zero-order chi connectivity index (χ0) is 15.3. The molecule has 0 bridgehead atoms. The molecule has 0 aliphatic heterocycles. The summed E-state index contributed by atoms with van der Waals surface area (Å²) < 4.78 is 12.9. The van der Waals surface area contributed by atoms with Crippen LogP contribution in [0.4, 0.5) is 14.9 Å². The van der Waals surface area contributed by atoms with E-state index >= 15 is 0 Å². The molecular weight excluding hydrogens is 269 g/mol. The van der Waals surface area contributed by atoms with Gasteiger partial charge < -0.3 is 20.8 Å². The molecule has 106 valence electrons. The van der Waals surface area contributed by atoms with E-state index in [0.29, 0.717) is 0 Å². The first-order chi connectivity index (χ1) is 9.35. The number of urea groups is 1. The van der Waals surface area contributed by atoms with Gasteiger partial charge in [0.1, 0.15) is 11.9 Å². The van der Waals surface area contributed by atoms with Crippen molar-refractivity contribution in [3.05, 3.63) is 29.6 Å². The second-order valence-corrected chi connectivity index (χ2v) is 3.96. The Balaban J connectivity index is 2.81. The van der Waals surface area contributed by atoms with Gasteiger partial charge in [-0.3, -0.25) is 0 Å². The van der Waals surface area contributed by atoms with Gasteiger partial charge in [-0.25, -0.2) is 14.0 Å². The number of carbonyl (C=O) groups is 2. The molecule has 0 spiro atoms. The molecule has 0 saturated heterocycles. The van der Waals surface area contributed by atoms with Crippen LogP contribution in [-0.2, 0) is 4.79 Å². The molecule has 4 N–H and O–H groups in total. The number of amides is 2. The van der Waals surface area contributed by atoms with Crippen LogP contribution in [-0.4, -0.2) is 34.4 Å². The Morgan fingerprint density at radius 3 is 2.60 bits per heavy atom. The maximum atomic E-state index is 12.9. The molecule has 20 heavy (non-hydrogen) atoms. The number of aliphatic hydroxyl groups excluding tert-OH is 1. The normalized spacial score (nSPS) is 12.9. The van der Waals surface area contributed by atoms with Crippen LogP contribution >= 0.6 is 0 Å². The van der Waals surface area contributed by atoms with Crippen LogP contribution < -0.4 is 10.6 Å². The van der Waals surface area contributed by atoms with Crippen molar-refractivity contribution in [2.75, 3.05) is 5.32 Å². The summed E-state index contributed by atoms with van der Waals surface area (Å²) >= 11 is 0. The van der Waals surface area contributed by atoms with Gasteiger partial charge in [0.05, 0.1) is 17.4 Å². The van der Waals surface area contributed by atoms with Gasteiger partial charge in [0.25, 0.3) is 0 Å². The molecule has 1 rings (SSSR count). The van der Waals surface area contributed by atoms with Crippen LogP contribution in [0.1, 0.15) is 12.5 Å². The topological polar surface area (TPSA) is 122 Å². The average Bonchev–Trinajstić information content (AvgIpc) is 2.37. The Kier molecular flexibility index (Phi) is 5.00. The lowest BCUT2D eigenvalue weighted by atomic mass is 10.2. The quantitative estimate of drug-likeness (QED) is 0.645. The Morgan fingerprint density at radius 2 is 2.10 bits per heavy atom. The number of halogens is 1. The monoisotopic (exact) mass is 281 g/mol. The minimum atomic E-state index is -1.50. The SMILES string of the molecule is CC(O)C(NC(=O)Nc1ccc(F)cc1C#N)C(=O)O.